The van der Waals surface area contributed by atoms with Gasteiger partial charge in [-0.25, -0.2) is 13.1 Å². The molecule has 3 nitrogen and oxygen atoms in total. The molecule has 0 radical (unpaired) electrons. The third kappa shape index (κ3) is 1.71. The van der Waals surface area contributed by atoms with Gasteiger partial charge in [-0.3, -0.25) is 0 Å². The average Bonchev–Trinajstić information content (AvgIpc) is 2.00. The molecule has 1 aromatic carbocycles. The van der Waals surface area contributed by atoms with Crippen LogP contribution in [0.4, 0.5) is 0 Å². The summed E-state index contributed by atoms with van der Waals surface area (Å²) in [6.45, 7) is 1.86. The first-order valence-corrected chi connectivity index (χ1v) is 6.57. The highest BCUT2D eigenvalue weighted by Crippen LogP contribution is 2.25. The molecule has 0 fully saturated rings. The Morgan fingerprint density at radius 2 is 2.21 bits per heavy atom. The van der Waals surface area contributed by atoms with E-state index in [0.29, 0.717) is 4.90 Å². The van der Waals surface area contributed by atoms with E-state index in [1.807, 2.05) is 13.0 Å². The minimum absolute atomic E-state index is 0.0261. The van der Waals surface area contributed by atoms with E-state index in [4.69, 9.17) is 0 Å². The molecule has 1 aliphatic heterocycles. The Morgan fingerprint density at radius 1 is 1.50 bits per heavy atom. The van der Waals surface area contributed by atoms with Crippen LogP contribution in [-0.2, 0) is 16.4 Å². The molecule has 0 spiro atoms. The Morgan fingerprint density at radius 3 is 2.93 bits per heavy atom. The standard InChI is InChI=1S/C9H10BrNO2S/c1-6-4-7-5-8(10)2-3-9(7)14(12,13)11-6/h2-3,5-6,11H,4H2,1H3. The Labute approximate surface area is 91.7 Å². The molecule has 14 heavy (non-hydrogen) atoms. The van der Waals surface area contributed by atoms with Crippen molar-refractivity contribution < 1.29 is 8.42 Å². The Hall–Kier alpha value is -0.390. The molecule has 1 aromatic rings. The molecule has 1 N–H and O–H groups in total. The number of sulfonamides is 1. The lowest BCUT2D eigenvalue weighted by Gasteiger charge is -2.22. The molecular formula is C9H10BrNO2S. The molecule has 0 bridgehead atoms. The largest absolute Gasteiger partial charge is 0.241 e. The van der Waals surface area contributed by atoms with Gasteiger partial charge in [-0.15, -0.1) is 0 Å². The molecule has 0 aromatic heterocycles. The fourth-order valence-electron chi connectivity index (χ4n) is 1.67. The fraction of sp³-hybridized carbons (Fsp3) is 0.333. The summed E-state index contributed by atoms with van der Waals surface area (Å²) in [5, 5.41) is 0. The molecule has 1 aliphatic rings. The third-order valence-electron chi connectivity index (χ3n) is 2.19. The summed E-state index contributed by atoms with van der Waals surface area (Å²) in [7, 11) is -3.28. The smallest absolute Gasteiger partial charge is 0.208 e. The number of fused-ring (bicyclic) bond motifs is 1. The summed E-state index contributed by atoms with van der Waals surface area (Å²) >= 11 is 3.33. The van der Waals surface area contributed by atoms with Crippen LogP contribution in [0.15, 0.2) is 27.6 Å². The van der Waals surface area contributed by atoms with E-state index in [2.05, 4.69) is 20.7 Å². The number of hydrogen-bond acceptors (Lipinski definition) is 2. The van der Waals surface area contributed by atoms with Crippen molar-refractivity contribution in [2.75, 3.05) is 0 Å². The maximum Gasteiger partial charge on any atom is 0.241 e. The van der Waals surface area contributed by atoms with Crippen LogP contribution < -0.4 is 4.72 Å². The summed E-state index contributed by atoms with van der Waals surface area (Å²) < 4.78 is 26.8. The molecular weight excluding hydrogens is 266 g/mol. The van der Waals surface area contributed by atoms with Crippen molar-refractivity contribution in [2.24, 2.45) is 0 Å². The van der Waals surface area contributed by atoms with Crippen LogP contribution in [-0.4, -0.2) is 14.5 Å². The number of halogens is 1. The Bertz CT molecular complexity index is 470. The van der Waals surface area contributed by atoms with Gasteiger partial charge in [0.2, 0.25) is 10.0 Å². The van der Waals surface area contributed by atoms with Crippen molar-refractivity contribution in [3.8, 4) is 0 Å². The van der Waals surface area contributed by atoms with Crippen LogP contribution in [0, 0.1) is 0 Å². The zero-order valence-electron chi connectivity index (χ0n) is 7.62. The second kappa shape index (κ2) is 3.32. The van der Waals surface area contributed by atoms with E-state index in [1.165, 1.54) is 0 Å². The lowest BCUT2D eigenvalue weighted by molar-refractivity contribution is 0.543. The normalized spacial score (nSPS) is 24.3. The number of hydrogen-bond donors (Lipinski definition) is 1. The van der Waals surface area contributed by atoms with E-state index in [0.717, 1.165) is 16.5 Å². The van der Waals surface area contributed by atoms with Crippen LogP contribution in [0.2, 0.25) is 0 Å². The predicted molar refractivity (Wildman–Crippen MR) is 57.6 cm³/mol. The van der Waals surface area contributed by atoms with Gasteiger partial charge >= 0.3 is 0 Å². The molecule has 1 unspecified atom stereocenters. The van der Waals surface area contributed by atoms with E-state index in [1.54, 1.807) is 12.1 Å². The maximum atomic E-state index is 11.7. The zero-order chi connectivity index (χ0) is 10.3. The van der Waals surface area contributed by atoms with E-state index in [9.17, 15) is 8.42 Å². The molecule has 0 saturated heterocycles. The minimum Gasteiger partial charge on any atom is -0.208 e. The highest BCUT2D eigenvalue weighted by Gasteiger charge is 2.26. The van der Waals surface area contributed by atoms with Crippen molar-refractivity contribution >= 4 is 26.0 Å². The quantitative estimate of drug-likeness (QED) is 0.783. The van der Waals surface area contributed by atoms with Gasteiger partial charge in [0, 0.05) is 10.5 Å². The molecule has 1 heterocycles. The predicted octanol–water partition coefficient (Wildman–Crippen LogP) is 1.67. The highest BCUT2D eigenvalue weighted by atomic mass is 79.9. The van der Waals surface area contributed by atoms with Crippen molar-refractivity contribution in [2.45, 2.75) is 24.3 Å². The molecule has 5 heteroatoms. The fourth-order valence-corrected chi connectivity index (χ4v) is 3.55. The molecule has 0 saturated carbocycles. The van der Waals surface area contributed by atoms with Gasteiger partial charge in [-0.1, -0.05) is 15.9 Å². The van der Waals surface area contributed by atoms with Crippen LogP contribution in [0.5, 0.6) is 0 Å². The first kappa shape index (κ1) is 10.1. The summed E-state index contributed by atoms with van der Waals surface area (Å²) in [4.78, 5) is 0.402. The Balaban J connectivity index is 2.64. The lowest BCUT2D eigenvalue weighted by atomic mass is 10.1. The third-order valence-corrected chi connectivity index (χ3v) is 4.38. The van der Waals surface area contributed by atoms with Gasteiger partial charge in [0.1, 0.15) is 0 Å². The zero-order valence-corrected chi connectivity index (χ0v) is 10.0. The first-order chi connectivity index (χ1) is 6.49. The number of benzene rings is 1. The number of rotatable bonds is 0. The van der Waals surface area contributed by atoms with Gasteiger partial charge in [0.05, 0.1) is 4.90 Å². The van der Waals surface area contributed by atoms with E-state index in [-0.39, 0.29) is 6.04 Å². The van der Waals surface area contributed by atoms with Crippen LogP contribution in [0.25, 0.3) is 0 Å². The van der Waals surface area contributed by atoms with Gasteiger partial charge in [-0.05, 0) is 37.1 Å². The second-order valence-corrected chi connectivity index (χ2v) is 6.08. The van der Waals surface area contributed by atoms with E-state index >= 15 is 0 Å². The van der Waals surface area contributed by atoms with Crippen molar-refractivity contribution in [1.82, 2.24) is 4.72 Å². The summed E-state index contributed by atoms with van der Waals surface area (Å²) in [5.41, 5.74) is 0.880. The molecule has 76 valence electrons. The maximum absolute atomic E-state index is 11.7. The van der Waals surface area contributed by atoms with Crippen molar-refractivity contribution in [1.29, 1.82) is 0 Å². The molecule has 0 amide bonds. The SMILES string of the molecule is CC1Cc2cc(Br)ccc2S(=O)(=O)N1. The second-order valence-electron chi connectivity index (χ2n) is 3.48. The summed E-state index contributed by atoms with van der Waals surface area (Å²) in [6.07, 6.45) is 0.744. The van der Waals surface area contributed by atoms with Crippen molar-refractivity contribution in [3.05, 3.63) is 28.2 Å². The topological polar surface area (TPSA) is 46.2 Å². The van der Waals surface area contributed by atoms with Gasteiger partial charge in [-0.2, -0.15) is 0 Å². The summed E-state index contributed by atoms with van der Waals surface area (Å²) in [6, 6.07) is 5.22. The Kier molecular flexibility index (Phi) is 2.41. The average molecular weight is 276 g/mol. The van der Waals surface area contributed by atoms with Gasteiger partial charge in [0.25, 0.3) is 0 Å². The van der Waals surface area contributed by atoms with Crippen LogP contribution in [0.3, 0.4) is 0 Å². The van der Waals surface area contributed by atoms with Gasteiger partial charge < -0.3 is 0 Å². The number of nitrogens with one attached hydrogen (secondary N) is 1. The van der Waals surface area contributed by atoms with Crippen LogP contribution >= 0.6 is 15.9 Å². The summed E-state index contributed by atoms with van der Waals surface area (Å²) in [5.74, 6) is 0. The molecule has 1 atom stereocenters. The van der Waals surface area contributed by atoms with Crippen LogP contribution in [0.1, 0.15) is 12.5 Å². The molecule has 2 rings (SSSR count). The minimum atomic E-state index is -3.28. The highest BCUT2D eigenvalue weighted by molar-refractivity contribution is 9.10. The first-order valence-electron chi connectivity index (χ1n) is 4.30. The monoisotopic (exact) mass is 275 g/mol. The molecule has 0 aliphatic carbocycles. The van der Waals surface area contributed by atoms with Crippen molar-refractivity contribution in [3.63, 3.8) is 0 Å². The lowest BCUT2D eigenvalue weighted by Crippen LogP contribution is -2.38. The van der Waals surface area contributed by atoms with E-state index < -0.39 is 10.0 Å². The van der Waals surface area contributed by atoms with Gasteiger partial charge in [0.15, 0.2) is 0 Å².